The van der Waals surface area contributed by atoms with Crippen LogP contribution in [0.5, 0.6) is 17.2 Å². The van der Waals surface area contributed by atoms with Gasteiger partial charge >= 0.3 is 11.9 Å². The summed E-state index contributed by atoms with van der Waals surface area (Å²) in [6, 6.07) is 21.8. The van der Waals surface area contributed by atoms with Crippen LogP contribution in [0.3, 0.4) is 0 Å². The Kier molecular flexibility index (Phi) is 8.87. The number of carbonyl (C=O) groups is 3. The molecule has 0 aliphatic carbocycles. The second-order valence-electron chi connectivity index (χ2n) is 9.66. The molecule has 0 saturated carbocycles. The van der Waals surface area contributed by atoms with Crippen LogP contribution in [0.4, 0.5) is 5.13 Å². The molecule has 1 unspecified atom stereocenters. The number of esters is 1. The molecule has 43 heavy (non-hydrogen) atoms. The Bertz CT molecular complexity index is 1700. The largest absolute Gasteiger partial charge is 0.507 e. The molecule has 2 heterocycles. The molecule has 0 bridgehead atoms. The summed E-state index contributed by atoms with van der Waals surface area (Å²) in [6.07, 6.45) is 0.795. The van der Waals surface area contributed by atoms with Crippen LogP contribution in [0.1, 0.15) is 52.8 Å². The highest BCUT2D eigenvalue weighted by atomic mass is 32.1. The number of ketones is 1. The van der Waals surface area contributed by atoms with Gasteiger partial charge in [0.15, 0.2) is 5.13 Å². The summed E-state index contributed by atoms with van der Waals surface area (Å²) in [5.41, 5.74) is 1.05. The molecule has 1 saturated heterocycles. The minimum Gasteiger partial charge on any atom is -0.507 e. The highest BCUT2D eigenvalue weighted by Gasteiger charge is 2.48. The van der Waals surface area contributed by atoms with E-state index in [0.717, 1.165) is 17.8 Å². The van der Waals surface area contributed by atoms with Gasteiger partial charge < -0.3 is 19.3 Å². The van der Waals surface area contributed by atoms with Crippen LogP contribution in [0.15, 0.2) is 84.4 Å². The second kappa shape index (κ2) is 12.9. The molecule has 3 aromatic carbocycles. The minimum atomic E-state index is -1.07. The zero-order chi connectivity index (χ0) is 30.5. The molecule has 220 valence electrons. The maximum Gasteiger partial charge on any atom is 0.350 e. The number of carbonyl (C=O) groups excluding carboxylic acids is 3. The van der Waals surface area contributed by atoms with E-state index in [-0.39, 0.29) is 27.9 Å². The Morgan fingerprint density at radius 3 is 2.42 bits per heavy atom. The standard InChI is InChI=1S/C33H30N2O7S/c1-4-17-41-24-15-10-12-22(19-24)28(36)26-27(21-11-9-16-25(18-21)42-23-13-7-6-8-14-23)35(31(38)29(26)37)33-34-20(3)30(43-33)32(39)40-5-2/h6-16,18-19,27,36H,4-5,17H2,1-3H3. The number of aromatic nitrogens is 1. The first-order valence-electron chi connectivity index (χ1n) is 13.8. The van der Waals surface area contributed by atoms with Crippen molar-refractivity contribution in [2.45, 2.75) is 33.2 Å². The van der Waals surface area contributed by atoms with E-state index in [1.807, 2.05) is 37.3 Å². The molecule has 1 atom stereocenters. The summed E-state index contributed by atoms with van der Waals surface area (Å²) in [6.45, 7) is 5.96. The quantitative estimate of drug-likeness (QED) is 0.0914. The summed E-state index contributed by atoms with van der Waals surface area (Å²) in [7, 11) is 0. The number of aliphatic hydroxyl groups excluding tert-OH is 1. The van der Waals surface area contributed by atoms with E-state index in [4.69, 9.17) is 14.2 Å². The molecular formula is C33H30N2O7S. The molecule has 4 aromatic rings. The summed E-state index contributed by atoms with van der Waals surface area (Å²) >= 11 is 0.949. The van der Waals surface area contributed by atoms with Crippen molar-refractivity contribution >= 4 is 39.9 Å². The van der Waals surface area contributed by atoms with Gasteiger partial charge in [0.05, 0.1) is 30.5 Å². The van der Waals surface area contributed by atoms with E-state index >= 15 is 0 Å². The number of anilines is 1. The van der Waals surface area contributed by atoms with Crippen molar-refractivity contribution in [1.82, 2.24) is 4.98 Å². The van der Waals surface area contributed by atoms with E-state index in [9.17, 15) is 19.5 Å². The van der Waals surface area contributed by atoms with Crippen molar-refractivity contribution in [3.05, 3.63) is 106 Å². The number of nitrogens with zero attached hydrogens (tertiary/aromatic N) is 2. The van der Waals surface area contributed by atoms with Crippen LogP contribution in [-0.2, 0) is 14.3 Å². The maximum absolute atomic E-state index is 13.7. The van der Waals surface area contributed by atoms with Crippen LogP contribution in [0, 0.1) is 6.92 Å². The number of thiazole rings is 1. The van der Waals surface area contributed by atoms with Crippen molar-refractivity contribution in [2.24, 2.45) is 0 Å². The molecule has 1 aliphatic rings. The van der Waals surface area contributed by atoms with E-state index in [2.05, 4.69) is 4.98 Å². The molecule has 1 fully saturated rings. The normalized spacial score (nSPS) is 15.9. The Morgan fingerprint density at radius 1 is 0.953 bits per heavy atom. The summed E-state index contributed by atoms with van der Waals surface area (Å²) in [4.78, 5) is 45.8. The molecule has 1 aliphatic heterocycles. The number of aliphatic hydroxyl groups is 1. The van der Waals surface area contributed by atoms with Gasteiger partial charge in [0.1, 0.15) is 27.9 Å². The van der Waals surface area contributed by atoms with Crippen LogP contribution in [0.25, 0.3) is 5.76 Å². The molecule has 1 aromatic heterocycles. The first-order chi connectivity index (χ1) is 20.8. The van der Waals surface area contributed by atoms with Crippen LogP contribution in [-0.4, -0.2) is 41.0 Å². The average Bonchev–Trinajstić information content (AvgIpc) is 3.52. The van der Waals surface area contributed by atoms with Crippen LogP contribution < -0.4 is 14.4 Å². The van der Waals surface area contributed by atoms with Gasteiger partial charge in [-0.1, -0.05) is 60.7 Å². The number of para-hydroxylation sites is 1. The maximum atomic E-state index is 13.7. The molecule has 0 spiro atoms. The van der Waals surface area contributed by atoms with Crippen molar-refractivity contribution in [3.63, 3.8) is 0 Å². The van der Waals surface area contributed by atoms with Crippen LogP contribution in [0.2, 0.25) is 0 Å². The highest BCUT2D eigenvalue weighted by molar-refractivity contribution is 7.17. The number of ether oxygens (including phenoxy) is 3. The summed E-state index contributed by atoms with van der Waals surface area (Å²) in [5.74, 6) is -1.12. The average molecular weight is 599 g/mol. The van der Waals surface area contributed by atoms with Gasteiger partial charge in [-0.15, -0.1) is 0 Å². The molecule has 0 radical (unpaired) electrons. The van der Waals surface area contributed by atoms with Gasteiger partial charge in [0.2, 0.25) is 0 Å². The molecule has 1 amide bonds. The van der Waals surface area contributed by atoms with E-state index < -0.39 is 23.7 Å². The fraction of sp³-hybridized carbons (Fsp3) is 0.212. The number of rotatable bonds is 10. The SMILES string of the molecule is CCCOc1cccc(C(O)=C2C(=O)C(=O)N(c3nc(C)c(C(=O)OCC)s3)C2c2cccc(Oc3ccccc3)c2)c1. The van der Waals surface area contributed by atoms with Gasteiger partial charge in [-0.2, -0.15) is 0 Å². The van der Waals surface area contributed by atoms with Gasteiger partial charge in [-0.3, -0.25) is 14.5 Å². The topological polar surface area (TPSA) is 115 Å². The van der Waals surface area contributed by atoms with Gasteiger partial charge in [-0.25, -0.2) is 9.78 Å². The first kappa shape index (κ1) is 29.5. The third-order valence-electron chi connectivity index (χ3n) is 6.63. The Balaban J connectivity index is 1.65. The zero-order valence-corrected chi connectivity index (χ0v) is 24.7. The van der Waals surface area contributed by atoms with E-state index in [1.165, 1.54) is 4.90 Å². The van der Waals surface area contributed by atoms with Crippen molar-refractivity contribution in [2.75, 3.05) is 18.1 Å². The number of amides is 1. The number of benzene rings is 3. The lowest BCUT2D eigenvalue weighted by Gasteiger charge is -2.23. The van der Waals surface area contributed by atoms with E-state index in [0.29, 0.717) is 40.7 Å². The third kappa shape index (κ3) is 6.14. The second-order valence-corrected chi connectivity index (χ2v) is 10.6. The van der Waals surface area contributed by atoms with Gasteiger partial charge in [-0.05, 0) is 62.2 Å². The number of Topliss-reactive ketones (excluding diaryl/α,β-unsaturated/α-hetero) is 1. The molecule has 10 heteroatoms. The van der Waals surface area contributed by atoms with Gasteiger partial charge in [0.25, 0.3) is 5.78 Å². The zero-order valence-electron chi connectivity index (χ0n) is 23.9. The molecule has 5 rings (SSSR count). The lowest BCUT2D eigenvalue weighted by molar-refractivity contribution is -0.132. The fourth-order valence-corrected chi connectivity index (χ4v) is 5.69. The summed E-state index contributed by atoms with van der Waals surface area (Å²) in [5, 5.41) is 11.7. The first-order valence-corrected chi connectivity index (χ1v) is 14.7. The molecule has 1 N–H and O–H groups in total. The number of hydrogen-bond acceptors (Lipinski definition) is 9. The number of aryl methyl sites for hydroxylation is 1. The highest BCUT2D eigenvalue weighted by Crippen LogP contribution is 2.45. The Morgan fingerprint density at radius 2 is 1.67 bits per heavy atom. The monoisotopic (exact) mass is 598 g/mol. The Hall–Kier alpha value is -4.96. The van der Waals surface area contributed by atoms with Crippen LogP contribution >= 0.6 is 11.3 Å². The lowest BCUT2D eigenvalue weighted by Crippen LogP contribution is -2.29. The third-order valence-corrected chi connectivity index (χ3v) is 7.77. The lowest BCUT2D eigenvalue weighted by atomic mass is 9.95. The summed E-state index contributed by atoms with van der Waals surface area (Å²) < 4.78 is 16.9. The van der Waals surface area contributed by atoms with Crippen molar-refractivity contribution < 1.29 is 33.7 Å². The van der Waals surface area contributed by atoms with Crippen molar-refractivity contribution in [1.29, 1.82) is 0 Å². The van der Waals surface area contributed by atoms with Crippen molar-refractivity contribution in [3.8, 4) is 17.2 Å². The van der Waals surface area contributed by atoms with E-state index in [1.54, 1.807) is 62.4 Å². The molecular weight excluding hydrogens is 568 g/mol. The minimum absolute atomic E-state index is 0.125. The predicted octanol–water partition coefficient (Wildman–Crippen LogP) is 6.84. The smallest absolute Gasteiger partial charge is 0.350 e. The molecule has 9 nitrogen and oxygen atoms in total. The number of hydrogen-bond donors (Lipinski definition) is 1. The Labute approximate surface area is 253 Å². The fourth-order valence-electron chi connectivity index (χ4n) is 4.70. The predicted molar refractivity (Wildman–Crippen MR) is 163 cm³/mol. The van der Waals surface area contributed by atoms with Gasteiger partial charge in [0, 0.05) is 5.56 Å².